The lowest BCUT2D eigenvalue weighted by molar-refractivity contribution is -0.161. The molecule has 19 heteroatoms. The van der Waals surface area contributed by atoms with Gasteiger partial charge in [-0.2, -0.15) is 0 Å². The molecule has 0 saturated carbocycles. The highest BCUT2D eigenvalue weighted by Gasteiger charge is 2.30. The normalized spacial score (nSPS) is 14.2. The van der Waals surface area contributed by atoms with Crippen LogP contribution in [0.15, 0.2) is 36.5 Å². The Morgan fingerprint density at radius 2 is 0.521 bits per heavy atom. The minimum absolute atomic E-state index is 0.0876. The molecule has 0 bridgehead atoms. The Bertz CT molecular complexity index is 1930. The number of rotatable bonds is 73. The summed E-state index contributed by atoms with van der Waals surface area (Å²) in [6.45, 7) is 4.87. The van der Waals surface area contributed by atoms with Crippen molar-refractivity contribution in [3.8, 4) is 0 Å². The molecule has 0 aromatic carbocycles. The van der Waals surface area contributed by atoms with Gasteiger partial charge < -0.3 is 33.8 Å². The van der Waals surface area contributed by atoms with Gasteiger partial charge in [0.05, 0.1) is 26.4 Å². The molecule has 0 aliphatic rings. The van der Waals surface area contributed by atoms with Crippen molar-refractivity contribution in [3.05, 3.63) is 36.5 Å². The van der Waals surface area contributed by atoms with Crippen molar-refractivity contribution < 1.29 is 80.2 Å². The zero-order valence-corrected chi connectivity index (χ0v) is 61.9. The second kappa shape index (κ2) is 68.8. The molecule has 0 aliphatic carbocycles. The van der Waals surface area contributed by atoms with Gasteiger partial charge in [-0.25, -0.2) is 9.13 Å². The SMILES string of the molecule is CCCCC/C=C\C/C=C\CCCCCCCC(=O)OCC(COP(=O)(O)OCC(O)COP(=O)(O)OCC(COC(=O)CCCCCCCCCCCCCCCCC)OC(=O)CCCCCCCCCCCCC)OC(=O)CCCCCCC/C=C\CCCCCC. The number of esters is 4. The van der Waals surface area contributed by atoms with E-state index < -0.39 is 97.5 Å². The molecule has 0 heterocycles. The van der Waals surface area contributed by atoms with E-state index in [1.807, 2.05) is 0 Å². The van der Waals surface area contributed by atoms with E-state index in [1.165, 1.54) is 154 Å². The van der Waals surface area contributed by atoms with Crippen LogP contribution in [-0.4, -0.2) is 96.7 Å². The largest absolute Gasteiger partial charge is 0.472 e. The number of phosphoric ester groups is 2. The maximum absolute atomic E-state index is 13.0. The van der Waals surface area contributed by atoms with Gasteiger partial charge in [0.15, 0.2) is 12.2 Å². The maximum atomic E-state index is 13.0. The zero-order valence-electron chi connectivity index (χ0n) is 60.2. The van der Waals surface area contributed by atoms with Crippen molar-refractivity contribution in [1.82, 2.24) is 0 Å². The lowest BCUT2D eigenvalue weighted by Gasteiger charge is -2.21. The van der Waals surface area contributed by atoms with E-state index in [0.717, 1.165) is 128 Å². The van der Waals surface area contributed by atoms with Gasteiger partial charge in [-0.05, 0) is 83.5 Å². The molecular formula is C75H140O17P2. The maximum Gasteiger partial charge on any atom is 0.472 e. The Balaban J connectivity index is 5.28. The quantitative estimate of drug-likeness (QED) is 0.0169. The van der Waals surface area contributed by atoms with Crippen LogP contribution in [0.25, 0.3) is 0 Å². The van der Waals surface area contributed by atoms with E-state index in [4.69, 9.17) is 37.0 Å². The Kier molecular flexibility index (Phi) is 66.8. The third-order valence-corrected chi connectivity index (χ3v) is 18.5. The number of unbranched alkanes of at least 4 members (excludes halogenated alkanes) is 41. The lowest BCUT2D eigenvalue weighted by atomic mass is 10.0. The summed E-state index contributed by atoms with van der Waals surface area (Å²) in [6.07, 6.45) is 62.8. The number of hydrogen-bond donors (Lipinski definition) is 3. The number of phosphoric acid groups is 2. The van der Waals surface area contributed by atoms with Crippen molar-refractivity contribution in [2.45, 2.75) is 380 Å². The summed E-state index contributed by atoms with van der Waals surface area (Å²) in [5.74, 6) is -2.16. The van der Waals surface area contributed by atoms with E-state index in [-0.39, 0.29) is 25.7 Å². The highest BCUT2D eigenvalue weighted by molar-refractivity contribution is 7.47. The van der Waals surface area contributed by atoms with Gasteiger partial charge in [0.2, 0.25) is 0 Å². The van der Waals surface area contributed by atoms with E-state index >= 15 is 0 Å². The second-order valence-corrected chi connectivity index (χ2v) is 28.9. The molecule has 0 amide bonds. The summed E-state index contributed by atoms with van der Waals surface area (Å²) in [7, 11) is -9.92. The molecule has 0 aromatic rings. The number of hydrogen-bond acceptors (Lipinski definition) is 15. The van der Waals surface area contributed by atoms with Crippen LogP contribution in [0.2, 0.25) is 0 Å². The smallest absolute Gasteiger partial charge is 0.462 e. The third kappa shape index (κ3) is 67.8. The van der Waals surface area contributed by atoms with Crippen LogP contribution in [-0.2, 0) is 65.4 Å². The fraction of sp³-hybridized carbons (Fsp3) is 0.867. The number of aliphatic hydroxyl groups excluding tert-OH is 1. The van der Waals surface area contributed by atoms with Crippen LogP contribution in [0, 0.1) is 0 Å². The molecule has 5 atom stereocenters. The average molecular weight is 1380 g/mol. The molecule has 17 nitrogen and oxygen atoms in total. The first-order valence-corrected chi connectivity index (χ1v) is 41.2. The number of ether oxygens (including phenoxy) is 4. The van der Waals surface area contributed by atoms with Gasteiger partial charge in [-0.15, -0.1) is 0 Å². The van der Waals surface area contributed by atoms with Crippen LogP contribution in [0.1, 0.15) is 362 Å². The highest BCUT2D eigenvalue weighted by Crippen LogP contribution is 2.45. The summed E-state index contributed by atoms with van der Waals surface area (Å²) < 4.78 is 68.4. The molecule has 0 spiro atoms. The molecule has 0 rings (SSSR count). The van der Waals surface area contributed by atoms with Gasteiger partial charge in [-0.3, -0.25) is 37.3 Å². The molecule has 0 saturated heterocycles. The van der Waals surface area contributed by atoms with Crippen LogP contribution >= 0.6 is 15.6 Å². The minimum atomic E-state index is -4.97. The number of carbonyl (C=O) groups is 4. The predicted octanol–water partition coefficient (Wildman–Crippen LogP) is 21.6. The molecule has 0 radical (unpaired) electrons. The summed E-state index contributed by atoms with van der Waals surface area (Å²) >= 11 is 0. The van der Waals surface area contributed by atoms with Gasteiger partial charge in [-0.1, -0.05) is 289 Å². The highest BCUT2D eigenvalue weighted by atomic mass is 31.2. The van der Waals surface area contributed by atoms with Gasteiger partial charge in [0, 0.05) is 25.7 Å². The van der Waals surface area contributed by atoms with Crippen molar-refractivity contribution in [3.63, 3.8) is 0 Å². The Hall–Kier alpha value is -2.72. The van der Waals surface area contributed by atoms with Gasteiger partial charge >= 0.3 is 39.5 Å². The van der Waals surface area contributed by atoms with E-state index in [2.05, 4.69) is 64.2 Å². The topological polar surface area (TPSA) is 237 Å². The van der Waals surface area contributed by atoms with Crippen molar-refractivity contribution in [1.29, 1.82) is 0 Å². The summed E-state index contributed by atoms with van der Waals surface area (Å²) in [6, 6.07) is 0. The molecule has 0 aromatic heterocycles. The molecule has 94 heavy (non-hydrogen) atoms. The summed E-state index contributed by atoms with van der Waals surface area (Å²) in [5.41, 5.74) is 0. The molecular weight excluding hydrogens is 1230 g/mol. The molecule has 552 valence electrons. The number of carbonyl (C=O) groups excluding carboxylic acids is 4. The summed E-state index contributed by atoms with van der Waals surface area (Å²) in [4.78, 5) is 72.7. The second-order valence-electron chi connectivity index (χ2n) is 26.0. The van der Waals surface area contributed by atoms with Crippen molar-refractivity contribution in [2.24, 2.45) is 0 Å². The fourth-order valence-electron chi connectivity index (χ4n) is 10.7. The molecule has 3 N–H and O–H groups in total. The van der Waals surface area contributed by atoms with Crippen LogP contribution in [0.5, 0.6) is 0 Å². The van der Waals surface area contributed by atoms with E-state index in [9.17, 15) is 43.2 Å². The summed E-state index contributed by atoms with van der Waals surface area (Å²) in [5, 5.41) is 10.6. The first-order chi connectivity index (χ1) is 45.7. The predicted molar refractivity (Wildman–Crippen MR) is 381 cm³/mol. The monoisotopic (exact) mass is 1370 g/mol. The molecule has 5 unspecified atom stereocenters. The lowest BCUT2D eigenvalue weighted by Crippen LogP contribution is -2.30. The number of aliphatic hydroxyl groups is 1. The van der Waals surface area contributed by atoms with Gasteiger partial charge in [0.25, 0.3) is 0 Å². The van der Waals surface area contributed by atoms with Crippen LogP contribution in [0.4, 0.5) is 0 Å². The standard InChI is InChI=1S/C75H140O17P2/c1-5-9-13-17-21-25-29-32-34-37-40-43-47-51-55-59-72(77)85-65-70(91-74(79)61-57-53-49-45-39-28-24-20-16-12-8-4)67-89-93(81,82)87-63-69(76)64-88-94(83,84)90-68-71(92-75(80)62-58-54-50-46-42-36-31-27-23-19-15-11-7-3)66-86-73(78)60-56-52-48-44-41-38-35-33-30-26-22-18-14-10-6-2/h22,26-27,31,33,35,69-71,76H,5-21,23-25,28-30,32,34,36-68H2,1-4H3,(H,81,82)(H,83,84)/b26-22-,31-27-,35-33-. The zero-order chi connectivity index (χ0) is 69.0. The van der Waals surface area contributed by atoms with Gasteiger partial charge in [0.1, 0.15) is 19.3 Å². The molecule has 0 fully saturated rings. The van der Waals surface area contributed by atoms with Crippen molar-refractivity contribution >= 4 is 39.5 Å². The Morgan fingerprint density at radius 1 is 0.298 bits per heavy atom. The first-order valence-electron chi connectivity index (χ1n) is 38.2. The fourth-order valence-corrected chi connectivity index (χ4v) is 12.3. The van der Waals surface area contributed by atoms with Crippen molar-refractivity contribution in [2.75, 3.05) is 39.6 Å². The Labute approximate surface area is 573 Å². The van der Waals surface area contributed by atoms with Crippen LogP contribution in [0.3, 0.4) is 0 Å². The number of allylic oxidation sites excluding steroid dienone is 6. The first kappa shape index (κ1) is 91.3. The third-order valence-electron chi connectivity index (χ3n) is 16.6. The minimum Gasteiger partial charge on any atom is -0.462 e. The van der Waals surface area contributed by atoms with E-state index in [0.29, 0.717) is 25.7 Å². The Morgan fingerprint density at radius 3 is 0.830 bits per heavy atom. The molecule has 0 aliphatic heterocycles. The van der Waals surface area contributed by atoms with Crippen LogP contribution < -0.4 is 0 Å². The van der Waals surface area contributed by atoms with E-state index in [1.54, 1.807) is 0 Å². The average Bonchev–Trinajstić information content (AvgIpc) is 1.55.